The SMILES string of the molecule is COc1ccc(C(=O)N/N=C/c2ccc(OC(=O)c3ccccc3F)cc2)cc1. The lowest BCUT2D eigenvalue weighted by Crippen LogP contribution is -2.17. The van der Waals surface area contributed by atoms with E-state index in [0.29, 0.717) is 16.9 Å². The zero-order chi connectivity index (χ0) is 20.6. The molecule has 0 saturated heterocycles. The average Bonchev–Trinajstić information content (AvgIpc) is 2.75. The van der Waals surface area contributed by atoms with Crippen LogP contribution in [0.25, 0.3) is 0 Å². The third-order valence-corrected chi connectivity index (χ3v) is 3.92. The van der Waals surface area contributed by atoms with Gasteiger partial charge in [0.05, 0.1) is 18.9 Å². The summed E-state index contributed by atoms with van der Waals surface area (Å²) in [6, 6.07) is 18.6. The summed E-state index contributed by atoms with van der Waals surface area (Å²) in [6.07, 6.45) is 1.45. The molecule has 0 saturated carbocycles. The average molecular weight is 392 g/mol. The van der Waals surface area contributed by atoms with Gasteiger partial charge in [0, 0.05) is 5.56 Å². The Kier molecular flexibility index (Phi) is 6.32. The number of carbonyl (C=O) groups excluding carboxylic acids is 2. The molecule has 146 valence electrons. The van der Waals surface area contributed by atoms with Crippen molar-refractivity contribution in [1.82, 2.24) is 5.43 Å². The number of nitrogens with one attached hydrogen (secondary N) is 1. The maximum atomic E-state index is 13.6. The van der Waals surface area contributed by atoms with Crippen LogP contribution in [0.3, 0.4) is 0 Å². The van der Waals surface area contributed by atoms with Gasteiger partial charge >= 0.3 is 5.97 Å². The van der Waals surface area contributed by atoms with E-state index >= 15 is 0 Å². The number of hydrogen-bond donors (Lipinski definition) is 1. The quantitative estimate of drug-likeness (QED) is 0.299. The standard InChI is InChI=1S/C22H17FN2O4/c1-28-17-12-8-16(9-13-17)21(26)25-24-14-15-6-10-18(11-7-15)29-22(27)19-4-2-3-5-20(19)23/h2-14H,1H3,(H,25,26)/b24-14+. The number of ether oxygens (including phenoxy) is 2. The number of nitrogens with zero attached hydrogens (tertiary/aromatic N) is 1. The highest BCUT2D eigenvalue weighted by Gasteiger charge is 2.13. The van der Waals surface area contributed by atoms with Crippen LogP contribution < -0.4 is 14.9 Å². The van der Waals surface area contributed by atoms with Crippen molar-refractivity contribution in [1.29, 1.82) is 0 Å². The molecule has 0 aliphatic heterocycles. The molecule has 3 aromatic carbocycles. The van der Waals surface area contributed by atoms with Gasteiger partial charge in [-0.3, -0.25) is 4.79 Å². The van der Waals surface area contributed by atoms with E-state index in [9.17, 15) is 14.0 Å². The van der Waals surface area contributed by atoms with E-state index in [1.807, 2.05) is 0 Å². The van der Waals surface area contributed by atoms with E-state index in [4.69, 9.17) is 9.47 Å². The normalized spacial score (nSPS) is 10.6. The second kappa shape index (κ2) is 9.27. The summed E-state index contributed by atoms with van der Waals surface area (Å²) in [4.78, 5) is 24.0. The molecule has 0 unspecified atom stereocenters. The lowest BCUT2D eigenvalue weighted by molar-refractivity contribution is 0.0729. The molecule has 0 atom stereocenters. The minimum atomic E-state index is -0.781. The second-order valence-corrected chi connectivity index (χ2v) is 5.87. The smallest absolute Gasteiger partial charge is 0.346 e. The molecular formula is C22H17FN2O4. The lowest BCUT2D eigenvalue weighted by atomic mass is 10.2. The monoisotopic (exact) mass is 392 g/mol. The molecule has 0 radical (unpaired) electrons. The Morgan fingerprint density at radius 2 is 1.59 bits per heavy atom. The predicted octanol–water partition coefficient (Wildman–Crippen LogP) is 3.82. The zero-order valence-electron chi connectivity index (χ0n) is 15.5. The number of benzene rings is 3. The molecule has 0 fully saturated rings. The molecule has 0 spiro atoms. The molecule has 3 rings (SSSR count). The number of carbonyl (C=O) groups is 2. The van der Waals surface area contributed by atoms with Crippen molar-refractivity contribution in [2.75, 3.05) is 7.11 Å². The number of amides is 1. The van der Waals surface area contributed by atoms with E-state index in [-0.39, 0.29) is 17.2 Å². The summed E-state index contributed by atoms with van der Waals surface area (Å²) < 4.78 is 23.8. The van der Waals surface area contributed by atoms with Gasteiger partial charge in [-0.25, -0.2) is 14.6 Å². The highest BCUT2D eigenvalue weighted by Crippen LogP contribution is 2.15. The van der Waals surface area contributed by atoms with Gasteiger partial charge in [0.1, 0.15) is 17.3 Å². The number of hydrogen-bond acceptors (Lipinski definition) is 5. The maximum absolute atomic E-state index is 13.6. The zero-order valence-corrected chi connectivity index (χ0v) is 15.5. The van der Waals surface area contributed by atoms with Gasteiger partial charge in [0.25, 0.3) is 5.91 Å². The number of methoxy groups -OCH3 is 1. The van der Waals surface area contributed by atoms with Crippen LogP contribution in [0.1, 0.15) is 26.3 Å². The van der Waals surface area contributed by atoms with E-state index in [1.54, 1.807) is 61.7 Å². The van der Waals surface area contributed by atoms with Crippen molar-refractivity contribution in [3.8, 4) is 11.5 Å². The van der Waals surface area contributed by atoms with Crippen LogP contribution in [-0.4, -0.2) is 25.2 Å². The summed E-state index contributed by atoms with van der Waals surface area (Å²) in [7, 11) is 1.55. The predicted molar refractivity (Wildman–Crippen MR) is 106 cm³/mol. The molecule has 0 aliphatic carbocycles. The molecule has 0 aliphatic rings. The Balaban J connectivity index is 1.56. The van der Waals surface area contributed by atoms with Gasteiger partial charge in [-0.05, 0) is 66.2 Å². The molecule has 0 bridgehead atoms. The third-order valence-electron chi connectivity index (χ3n) is 3.92. The van der Waals surface area contributed by atoms with Gasteiger partial charge in [-0.15, -0.1) is 0 Å². The number of esters is 1. The van der Waals surface area contributed by atoms with Crippen molar-refractivity contribution in [2.24, 2.45) is 5.10 Å². The first-order valence-electron chi connectivity index (χ1n) is 8.61. The minimum Gasteiger partial charge on any atom is -0.497 e. The molecule has 0 aromatic heterocycles. The molecule has 1 N–H and O–H groups in total. The van der Waals surface area contributed by atoms with Crippen molar-refractivity contribution in [3.63, 3.8) is 0 Å². The van der Waals surface area contributed by atoms with Crippen molar-refractivity contribution in [2.45, 2.75) is 0 Å². The van der Waals surface area contributed by atoms with Gasteiger partial charge in [0.2, 0.25) is 0 Å². The van der Waals surface area contributed by atoms with E-state index in [1.165, 1.54) is 24.4 Å². The summed E-state index contributed by atoms with van der Waals surface area (Å²) in [5.74, 6) is -0.872. The number of hydrazone groups is 1. The third kappa shape index (κ3) is 5.26. The van der Waals surface area contributed by atoms with Crippen molar-refractivity contribution in [3.05, 3.63) is 95.3 Å². The van der Waals surface area contributed by atoms with Gasteiger partial charge < -0.3 is 9.47 Å². The molecule has 29 heavy (non-hydrogen) atoms. The summed E-state index contributed by atoms with van der Waals surface area (Å²) in [5.41, 5.74) is 3.40. The molecule has 0 heterocycles. The second-order valence-electron chi connectivity index (χ2n) is 5.87. The Labute approximate surface area is 166 Å². The van der Waals surface area contributed by atoms with Crippen LogP contribution in [0.15, 0.2) is 77.9 Å². The first kappa shape index (κ1) is 19.8. The molecular weight excluding hydrogens is 375 g/mol. The fourth-order valence-electron chi connectivity index (χ4n) is 2.38. The van der Waals surface area contributed by atoms with Crippen LogP contribution in [0.4, 0.5) is 4.39 Å². The Hall–Kier alpha value is -4.00. The summed E-state index contributed by atoms with van der Waals surface area (Å²) in [6.45, 7) is 0. The molecule has 1 amide bonds. The lowest BCUT2D eigenvalue weighted by Gasteiger charge is -2.05. The van der Waals surface area contributed by atoms with Gasteiger partial charge in [0.15, 0.2) is 0 Å². The number of rotatable bonds is 6. The largest absolute Gasteiger partial charge is 0.497 e. The Morgan fingerprint density at radius 1 is 0.931 bits per heavy atom. The van der Waals surface area contributed by atoms with E-state index < -0.39 is 11.8 Å². The molecule has 3 aromatic rings. The van der Waals surface area contributed by atoms with Crippen molar-refractivity contribution < 1.29 is 23.5 Å². The van der Waals surface area contributed by atoms with E-state index in [2.05, 4.69) is 10.5 Å². The van der Waals surface area contributed by atoms with Gasteiger partial charge in [-0.2, -0.15) is 5.10 Å². The Bertz CT molecular complexity index is 1030. The minimum absolute atomic E-state index is 0.139. The Morgan fingerprint density at radius 3 is 2.24 bits per heavy atom. The van der Waals surface area contributed by atoms with Crippen LogP contribution >= 0.6 is 0 Å². The van der Waals surface area contributed by atoms with Crippen LogP contribution in [0.5, 0.6) is 11.5 Å². The van der Waals surface area contributed by atoms with Crippen LogP contribution in [0, 0.1) is 5.82 Å². The molecule has 7 heteroatoms. The number of halogens is 1. The fraction of sp³-hybridized carbons (Fsp3) is 0.0455. The highest BCUT2D eigenvalue weighted by atomic mass is 19.1. The van der Waals surface area contributed by atoms with Crippen LogP contribution in [-0.2, 0) is 0 Å². The highest BCUT2D eigenvalue weighted by molar-refractivity contribution is 5.95. The topological polar surface area (TPSA) is 77.0 Å². The van der Waals surface area contributed by atoms with Crippen molar-refractivity contribution >= 4 is 18.1 Å². The first-order valence-corrected chi connectivity index (χ1v) is 8.61. The van der Waals surface area contributed by atoms with Gasteiger partial charge in [-0.1, -0.05) is 12.1 Å². The van der Waals surface area contributed by atoms with Crippen LogP contribution in [0.2, 0.25) is 0 Å². The summed E-state index contributed by atoms with van der Waals surface area (Å²) >= 11 is 0. The molecule has 6 nitrogen and oxygen atoms in total. The fourth-order valence-corrected chi connectivity index (χ4v) is 2.38. The van der Waals surface area contributed by atoms with E-state index in [0.717, 1.165) is 0 Å². The summed E-state index contributed by atoms with van der Waals surface area (Å²) in [5, 5.41) is 3.90. The first-order chi connectivity index (χ1) is 14.1. The maximum Gasteiger partial charge on any atom is 0.346 e.